The van der Waals surface area contributed by atoms with E-state index >= 15 is 0 Å². The molecule has 1 aliphatic rings. The second-order valence-electron chi connectivity index (χ2n) is 7.55. The molecule has 0 saturated heterocycles. The summed E-state index contributed by atoms with van der Waals surface area (Å²) in [6.07, 6.45) is 5.04. The maximum atomic E-state index is 13.2. The van der Waals surface area contributed by atoms with Crippen molar-refractivity contribution in [3.05, 3.63) is 77.4 Å². The van der Waals surface area contributed by atoms with E-state index in [0.29, 0.717) is 23.9 Å². The minimum atomic E-state index is 0.0528. The van der Waals surface area contributed by atoms with Crippen LogP contribution in [0.5, 0.6) is 5.75 Å². The molecule has 4 aromatic rings. The summed E-state index contributed by atoms with van der Waals surface area (Å²) < 4.78 is 7.57. The fraction of sp³-hybridized carbons (Fsp3) is 0.250. The highest BCUT2D eigenvalue weighted by atomic mass is 32.1. The van der Waals surface area contributed by atoms with Crippen molar-refractivity contribution in [2.24, 2.45) is 0 Å². The van der Waals surface area contributed by atoms with E-state index in [9.17, 15) is 4.79 Å². The van der Waals surface area contributed by atoms with E-state index in [2.05, 4.69) is 28.1 Å². The number of aromatic nitrogens is 2. The number of hydrogen-bond donors (Lipinski definition) is 0. The van der Waals surface area contributed by atoms with E-state index in [1.54, 1.807) is 18.4 Å². The second kappa shape index (κ2) is 7.95. The predicted molar refractivity (Wildman–Crippen MR) is 119 cm³/mol. The third-order valence-electron chi connectivity index (χ3n) is 5.55. The van der Waals surface area contributed by atoms with Crippen LogP contribution in [0.25, 0.3) is 16.2 Å². The molecule has 2 aromatic heterocycles. The van der Waals surface area contributed by atoms with Gasteiger partial charge in [0.1, 0.15) is 5.75 Å². The Morgan fingerprint density at radius 3 is 2.70 bits per heavy atom. The number of carbonyl (C=O) groups excluding carboxylic acids is 1. The van der Waals surface area contributed by atoms with Crippen molar-refractivity contribution >= 4 is 22.2 Å². The first-order chi connectivity index (χ1) is 14.7. The Morgan fingerprint density at radius 2 is 1.93 bits per heavy atom. The van der Waals surface area contributed by atoms with Gasteiger partial charge in [-0.25, -0.2) is 4.98 Å². The molecule has 1 fully saturated rings. The largest absolute Gasteiger partial charge is 0.496 e. The summed E-state index contributed by atoms with van der Waals surface area (Å²) in [6.45, 7) is 0.687. The number of methoxy groups -OCH3 is 1. The van der Waals surface area contributed by atoms with Crippen molar-refractivity contribution in [3.8, 4) is 17.0 Å². The zero-order valence-electron chi connectivity index (χ0n) is 16.8. The Morgan fingerprint density at radius 1 is 1.17 bits per heavy atom. The monoisotopic (exact) mass is 417 g/mol. The number of para-hydroxylation sites is 1. The summed E-state index contributed by atoms with van der Waals surface area (Å²) >= 11 is 1.64. The number of rotatable bonds is 7. The van der Waals surface area contributed by atoms with Crippen LogP contribution in [-0.4, -0.2) is 39.9 Å². The lowest BCUT2D eigenvalue weighted by Gasteiger charge is -2.23. The van der Waals surface area contributed by atoms with Crippen LogP contribution in [0, 0.1) is 0 Å². The third-order valence-corrected chi connectivity index (χ3v) is 6.44. The number of imidazole rings is 1. The molecule has 0 unspecified atom stereocenters. The number of carbonyl (C=O) groups is 1. The normalized spacial score (nSPS) is 13.5. The number of nitrogens with zero attached hydrogens (tertiary/aromatic N) is 3. The maximum Gasteiger partial charge on any atom is 0.257 e. The Balaban J connectivity index is 1.37. The third kappa shape index (κ3) is 3.59. The SMILES string of the molecule is COc1ccccc1C(=O)N(CCc1csc2nc(-c3ccccc3)cn12)C1CC1. The summed E-state index contributed by atoms with van der Waals surface area (Å²) in [5.41, 5.74) is 3.91. The molecular weight excluding hydrogens is 394 g/mol. The zero-order chi connectivity index (χ0) is 20.5. The summed E-state index contributed by atoms with van der Waals surface area (Å²) in [5, 5.41) is 2.15. The van der Waals surface area contributed by atoms with Crippen LogP contribution in [0.1, 0.15) is 28.9 Å². The molecule has 0 bridgehead atoms. The van der Waals surface area contributed by atoms with Crippen molar-refractivity contribution in [1.82, 2.24) is 14.3 Å². The topological polar surface area (TPSA) is 46.8 Å². The summed E-state index contributed by atoms with van der Waals surface area (Å²) in [4.78, 5) is 21.0. The smallest absolute Gasteiger partial charge is 0.257 e. The van der Waals surface area contributed by atoms with Crippen molar-refractivity contribution in [3.63, 3.8) is 0 Å². The van der Waals surface area contributed by atoms with E-state index < -0.39 is 0 Å². The molecule has 1 aliphatic carbocycles. The van der Waals surface area contributed by atoms with Crippen LogP contribution >= 0.6 is 11.3 Å². The van der Waals surface area contributed by atoms with Crippen LogP contribution < -0.4 is 4.74 Å². The molecular formula is C24H23N3O2S. The average Bonchev–Trinajstić information content (AvgIpc) is 3.43. The van der Waals surface area contributed by atoms with Gasteiger partial charge in [0.15, 0.2) is 4.96 Å². The first-order valence-electron chi connectivity index (χ1n) is 10.2. The predicted octanol–water partition coefficient (Wildman–Crippen LogP) is 4.92. The lowest BCUT2D eigenvalue weighted by atomic mass is 10.1. The van der Waals surface area contributed by atoms with Gasteiger partial charge < -0.3 is 9.64 Å². The maximum absolute atomic E-state index is 13.2. The number of benzene rings is 2. The lowest BCUT2D eigenvalue weighted by molar-refractivity contribution is 0.0741. The highest BCUT2D eigenvalue weighted by Crippen LogP contribution is 2.31. The van der Waals surface area contributed by atoms with Gasteiger partial charge in [0.25, 0.3) is 5.91 Å². The quantitative estimate of drug-likeness (QED) is 0.429. The van der Waals surface area contributed by atoms with Gasteiger partial charge in [-0.3, -0.25) is 9.20 Å². The van der Waals surface area contributed by atoms with Crippen LogP contribution in [-0.2, 0) is 6.42 Å². The minimum absolute atomic E-state index is 0.0528. The molecule has 5 nitrogen and oxygen atoms in total. The molecule has 1 saturated carbocycles. The van der Waals surface area contributed by atoms with E-state index in [4.69, 9.17) is 9.72 Å². The van der Waals surface area contributed by atoms with E-state index in [1.165, 1.54) is 5.69 Å². The van der Waals surface area contributed by atoms with Gasteiger partial charge in [0.05, 0.1) is 18.4 Å². The number of fused-ring (bicyclic) bond motifs is 1. The first kappa shape index (κ1) is 18.9. The molecule has 0 atom stereocenters. The van der Waals surface area contributed by atoms with Gasteiger partial charge in [0.2, 0.25) is 0 Å². The lowest BCUT2D eigenvalue weighted by Crippen LogP contribution is -2.35. The fourth-order valence-electron chi connectivity index (χ4n) is 3.80. The van der Waals surface area contributed by atoms with Gasteiger partial charge in [-0.1, -0.05) is 42.5 Å². The zero-order valence-corrected chi connectivity index (χ0v) is 17.6. The van der Waals surface area contributed by atoms with Crippen molar-refractivity contribution in [1.29, 1.82) is 0 Å². The number of amides is 1. The van der Waals surface area contributed by atoms with E-state index in [1.807, 2.05) is 47.4 Å². The van der Waals surface area contributed by atoms with Crippen molar-refractivity contribution in [2.75, 3.05) is 13.7 Å². The van der Waals surface area contributed by atoms with Crippen LogP contribution in [0.2, 0.25) is 0 Å². The Hall–Kier alpha value is -3.12. The highest BCUT2D eigenvalue weighted by Gasteiger charge is 2.33. The molecule has 2 aromatic carbocycles. The highest BCUT2D eigenvalue weighted by molar-refractivity contribution is 7.15. The van der Waals surface area contributed by atoms with Gasteiger partial charge in [-0.05, 0) is 25.0 Å². The Bertz CT molecular complexity index is 1180. The standard InChI is InChI=1S/C24H23N3O2S/c1-29-22-10-6-5-9-20(22)23(28)26(18-11-12-18)14-13-19-16-30-24-25-21(15-27(19)24)17-7-3-2-4-8-17/h2-10,15-16,18H,11-14H2,1H3. The van der Waals surface area contributed by atoms with Crippen LogP contribution in [0.4, 0.5) is 0 Å². The van der Waals surface area contributed by atoms with Crippen molar-refractivity contribution < 1.29 is 9.53 Å². The number of thiazole rings is 1. The van der Waals surface area contributed by atoms with Gasteiger partial charge >= 0.3 is 0 Å². The molecule has 0 aliphatic heterocycles. The molecule has 30 heavy (non-hydrogen) atoms. The van der Waals surface area contributed by atoms with Gasteiger partial charge in [-0.2, -0.15) is 0 Å². The summed E-state index contributed by atoms with van der Waals surface area (Å²) in [5.74, 6) is 0.685. The molecule has 0 N–H and O–H groups in total. The average molecular weight is 418 g/mol. The first-order valence-corrected chi connectivity index (χ1v) is 11.1. The Kier molecular flexibility index (Phi) is 5.01. The minimum Gasteiger partial charge on any atom is -0.496 e. The summed E-state index contributed by atoms with van der Waals surface area (Å²) in [7, 11) is 1.61. The Labute approximate surface area is 179 Å². The van der Waals surface area contributed by atoms with Crippen LogP contribution in [0.15, 0.2) is 66.2 Å². The van der Waals surface area contributed by atoms with Crippen LogP contribution in [0.3, 0.4) is 0 Å². The van der Waals surface area contributed by atoms with E-state index in [-0.39, 0.29) is 5.91 Å². The van der Waals surface area contributed by atoms with Crippen molar-refractivity contribution in [2.45, 2.75) is 25.3 Å². The number of ether oxygens (including phenoxy) is 1. The summed E-state index contributed by atoms with van der Waals surface area (Å²) in [6, 6.07) is 18.0. The molecule has 6 heteroatoms. The number of hydrogen-bond acceptors (Lipinski definition) is 4. The molecule has 152 valence electrons. The molecule has 5 rings (SSSR count). The van der Waals surface area contributed by atoms with Gasteiger partial charge in [0, 0.05) is 41.8 Å². The molecule has 1 amide bonds. The molecule has 2 heterocycles. The van der Waals surface area contributed by atoms with E-state index in [0.717, 1.165) is 35.5 Å². The second-order valence-corrected chi connectivity index (χ2v) is 8.39. The van der Waals surface area contributed by atoms with Gasteiger partial charge in [-0.15, -0.1) is 11.3 Å². The molecule has 0 radical (unpaired) electrons. The molecule has 0 spiro atoms. The fourth-order valence-corrected chi connectivity index (χ4v) is 4.71.